The Labute approximate surface area is 127 Å². The van der Waals surface area contributed by atoms with Crippen LogP contribution in [-0.4, -0.2) is 11.2 Å². The van der Waals surface area contributed by atoms with Gasteiger partial charge in [-0.15, -0.1) is 0 Å². The van der Waals surface area contributed by atoms with Crippen LogP contribution in [0.3, 0.4) is 0 Å². The Morgan fingerprint density at radius 2 is 1.86 bits per heavy atom. The van der Waals surface area contributed by atoms with E-state index in [2.05, 4.69) is 16.2 Å². The third kappa shape index (κ3) is 5.08. The van der Waals surface area contributed by atoms with Crippen molar-refractivity contribution >= 4 is 23.0 Å². The molecule has 0 atom stereocenters. The molecule has 0 bridgehead atoms. The quantitative estimate of drug-likeness (QED) is 0.585. The first kappa shape index (κ1) is 15.9. The van der Waals surface area contributed by atoms with Crippen LogP contribution in [0, 0.1) is 0 Å². The van der Waals surface area contributed by atoms with Crippen molar-refractivity contribution in [3.05, 3.63) is 29.8 Å². The highest BCUT2D eigenvalue weighted by Gasteiger charge is 2.30. The summed E-state index contributed by atoms with van der Waals surface area (Å²) in [5.74, 6) is 0. The third-order valence-electron chi connectivity index (χ3n) is 3.45. The number of anilines is 1. The number of halogens is 3. The molecule has 0 saturated heterocycles. The average molecular weight is 317 g/mol. The van der Waals surface area contributed by atoms with Gasteiger partial charge < -0.3 is 5.32 Å². The van der Waals surface area contributed by atoms with E-state index in [9.17, 15) is 13.2 Å². The van der Waals surface area contributed by atoms with E-state index in [0.717, 1.165) is 25.0 Å². The van der Waals surface area contributed by atoms with E-state index in [1.165, 1.54) is 25.3 Å². The van der Waals surface area contributed by atoms with Gasteiger partial charge in [-0.05, 0) is 43.3 Å². The monoisotopic (exact) mass is 317 g/mol. The van der Waals surface area contributed by atoms with Crippen molar-refractivity contribution in [2.75, 3.05) is 5.43 Å². The van der Waals surface area contributed by atoms with E-state index >= 15 is 0 Å². The number of thiocarbonyl (C=S) groups is 1. The number of alkyl halides is 3. The van der Waals surface area contributed by atoms with Gasteiger partial charge in [0, 0.05) is 6.04 Å². The molecule has 0 aromatic heterocycles. The Morgan fingerprint density at radius 1 is 1.14 bits per heavy atom. The summed E-state index contributed by atoms with van der Waals surface area (Å²) in [6.07, 6.45) is 1.42. The normalized spacial score (nSPS) is 16.3. The lowest BCUT2D eigenvalue weighted by Gasteiger charge is -2.24. The smallest absolute Gasteiger partial charge is 0.359 e. The predicted molar refractivity (Wildman–Crippen MR) is 80.8 cm³/mol. The van der Waals surface area contributed by atoms with Gasteiger partial charge in [-0.2, -0.15) is 13.2 Å². The zero-order valence-corrected chi connectivity index (χ0v) is 12.3. The highest BCUT2D eigenvalue weighted by atomic mass is 32.1. The summed E-state index contributed by atoms with van der Waals surface area (Å²) >= 11 is 5.13. The van der Waals surface area contributed by atoms with Crippen LogP contribution in [0.5, 0.6) is 0 Å². The van der Waals surface area contributed by atoms with Crippen LogP contribution in [0.25, 0.3) is 0 Å². The molecule has 0 heterocycles. The summed E-state index contributed by atoms with van der Waals surface area (Å²) in [7, 11) is 0. The second-order valence-electron chi connectivity index (χ2n) is 5.14. The first-order valence-electron chi connectivity index (χ1n) is 6.95. The van der Waals surface area contributed by atoms with Crippen molar-refractivity contribution in [1.82, 2.24) is 10.7 Å². The fourth-order valence-corrected chi connectivity index (χ4v) is 2.59. The zero-order chi connectivity index (χ0) is 15.3. The minimum Gasteiger partial charge on any atom is -0.359 e. The molecule has 1 aliphatic rings. The lowest BCUT2D eigenvalue weighted by molar-refractivity contribution is -0.137. The minimum absolute atomic E-state index is 0.317. The molecule has 3 N–H and O–H groups in total. The van der Waals surface area contributed by atoms with Gasteiger partial charge in [0.15, 0.2) is 5.11 Å². The second-order valence-corrected chi connectivity index (χ2v) is 5.55. The van der Waals surface area contributed by atoms with Crippen LogP contribution in [-0.2, 0) is 6.18 Å². The van der Waals surface area contributed by atoms with Crippen molar-refractivity contribution in [1.29, 1.82) is 0 Å². The molecule has 3 nitrogen and oxygen atoms in total. The minimum atomic E-state index is -4.35. The van der Waals surface area contributed by atoms with Crippen LogP contribution in [0.1, 0.15) is 37.7 Å². The molecule has 0 aliphatic heterocycles. The van der Waals surface area contributed by atoms with E-state index in [0.29, 0.717) is 16.8 Å². The SMILES string of the molecule is FC(F)(F)c1cccc(NNC(=S)NC2CCCCC2)c1. The van der Waals surface area contributed by atoms with Gasteiger partial charge in [-0.25, -0.2) is 0 Å². The Hall–Kier alpha value is -1.50. The molecule has 0 unspecified atom stereocenters. The Bertz CT molecular complexity index is 485. The molecule has 7 heteroatoms. The molecule has 2 rings (SSSR count). The van der Waals surface area contributed by atoms with E-state index in [-0.39, 0.29) is 0 Å². The van der Waals surface area contributed by atoms with Crippen molar-refractivity contribution in [3.63, 3.8) is 0 Å². The number of hydrogen-bond acceptors (Lipinski definition) is 2. The average Bonchev–Trinajstić information content (AvgIpc) is 2.46. The number of hydrogen-bond donors (Lipinski definition) is 3. The number of hydrazine groups is 1. The van der Waals surface area contributed by atoms with Gasteiger partial charge in [0.25, 0.3) is 0 Å². The van der Waals surface area contributed by atoms with Crippen molar-refractivity contribution in [2.45, 2.75) is 44.3 Å². The van der Waals surface area contributed by atoms with Crippen LogP contribution >= 0.6 is 12.2 Å². The maximum Gasteiger partial charge on any atom is 0.416 e. The summed E-state index contributed by atoms with van der Waals surface area (Å²) < 4.78 is 37.8. The molecular weight excluding hydrogens is 299 g/mol. The first-order valence-corrected chi connectivity index (χ1v) is 7.36. The van der Waals surface area contributed by atoms with Crippen LogP contribution < -0.4 is 16.2 Å². The Kier molecular flexibility index (Phi) is 5.27. The molecule has 116 valence electrons. The molecule has 21 heavy (non-hydrogen) atoms. The van der Waals surface area contributed by atoms with Crippen LogP contribution in [0.4, 0.5) is 18.9 Å². The van der Waals surface area contributed by atoms with Crippen molar-refractivity contribution < 1.29 is 13.2 Å². The maximum absolute atomic E-state index is 12.6. The molecular formula is C14H18F3N3S. The molecule has 0 amide bonds. The van der Waals surface area contributed by atoms with Crippen molar-refractivity contribution in [2.24, 2.45) is 0 Å². The largest absolute Gasteiger partial charge is 0.416 e. The summed E-state index contributed by atoms with van der Waals surface area (Å²) in [4.78, 5) is 0. The highest BCUT2D eigenvalue weighted by molar-refractivity contribution is 7.80. The van der Waals surface area contributed by atoms with Gasteiger partial charge in [0.05, 0.1) is 11.3 Å². The van der Waals surface area contributed by atoms with Crippen molar-refractivity contribution in [3.8, 4) is 0 Å². The van der Waals surface area contributed by atoms with E-state index in [1.807, 2.05) is 0 Å². The standard InChI is InChI=1S/C14H18F3N3S/c15-14(16,17)10-5-4-8-12(9-10)19-20-13(21)18-11-6-2-1-3-7-11/h4-5,8-9,11,19H,1-3,6-7H2,(H2,18,20,21). The fraction of sp³-hybridized carbons (Fsp3) is 0.500. The molecule has 0 spiro atoms. The molecule has 1 fully saturated rings. The van der Waals surface area contributed by atoms with E-state index in [1.54, 1.807) is 6.07 Å². The second kappa shape index (κ2) is 6.98. The fourth-order valence-electron chi connectivity index (χ4n) is 2.37. The van der Waals surface area contributed by atoms with Gasteiger partial charge in [0.1, 0.15) is 0 Å². The molecule has 1 aromatic carbocycles. The van der Waals surface area contributed by atoms with Crippen LogP contribution in [0.2, 0.25) is 0 Å². The summed E-state index contributed by atoms with van der Waals surface area (Å²) in [5.41, 5.74) is 5.04. The lowest BCUT2D eigenvalue weighted by Crippen LogP contribution is -2.44. The van der Waals surface area contributed by atoms with E-state index in [4.69, 9.17) is 12.2 Å². The number of nitrogens with one attached hydrogen (secondary N) is 3. The summed E-state index contributed by atoms with van der Waals surface area (Å²) in [5, 5.41) is 3.57. The Balaban J connectivity index is 1.83. The van der Waals surface area contributed by atoms with Gasteiger partial charge in [-0.3, -0.25) is 10.9 Å². The molecule has 1 aliphatic carbocycles. The van der Waals surface area contributed by atoms with E-state index < -0.39 is 11.7 Å². The van der Waals surface area contributed by atoms with Gasteiger partial charge in [-0.1, -0.05) is 25.3 Å². The Morgan fingerprint density at radius 3 is 2.52 bits per heavy atom. The highest BCUT2D eigenvalue weighted by Crippen LogP contribution is 2.30. The topological polar surface area (TPSA) is 36.1 Å². The predicted octanol–water partition coefficient (Wildman–Crippen LogP) is 3.83. The first-order chi connectivity index (χ1) is 9.95. The summed E-state index contributed by atoms with van der Waals surface area (Å²) in [6, 6.07) is 5.32. The van der Waals surface area contributed by atoms with Gasteiger partial charge in [0.2, 0.25) is 0 Å². The molecule has 0 radical (unpaired) electrons. The number of benzene rings is 1. The van der Waals surface area contributed by atoms with Gasteiger partial charge >= 0.3 is 6.18 Å². The maximum atomic E-state index is 12.6. The summed E-state index contributed by atoms with van der Waals surface area (Å²) in [6.45, 7) is 0. The molecule has 1 saturated carbocycles. The zero-order valence-electron chi connectivity index (χ0n) is 11.5. The molecule has 1 aromatic rings. The number of rotatable bonds is 3. The lowest BCUT2D eigenvalue weighted by atomic mass is 9.96. The third-order valence-corrected chi connectivity index (χ3v) is 3.67. The van der Waals surface area contributed by atoms with Crippen LogP contribution in [0.15, 0.2) is 24.3 Å².